The molecule has 0 saturated carbocycles. The van der Waals surface area contributed by atoms with Crippen LogP contribution in [0.15, 0.2) is 48.5 Å². The van der Waals surface area contributed by atoms with Crippen LogP contribution in [0.4, 0.5) is 0 Å². The van der Waals surface area contributed by atoms with Gasteiger partial charge in [0.05, 0.1) is 12.6 Å². The second-order valence-corrected chi connectivity index (χ2v) is 6.56. The molecule has 0 spiro atoms. The van der Waals surface area contributed by atoms with Crippen molar-refractivity contribution in [2.45, 2.75) is 32.2 Å². The lowest BCUT2D eigenvalue weighted by Gasteiger charge is -2.26. The number of rotatable bonds is 8. The lowest BCUT2D eigenvalue weighted by molar-refractivity contribution is -0.150. The van der Waals surface area contributed by atoms with Gasteiger partial charge in [0, 0.05) is 0 Å². The summed E-state index contributed by atoms with van der Waals surface area (Å²) in [5.41, 5.74) is 2.41. The SMILES string of the molecule is CCOc1ccc(OCC(=O)OCC(=O)N[C@@H]2CCCc3ccccc32)cc1. The number of hydrogen-bond acceptors (Lipinski definition) is 5. The summed E-state index contributed by atoms with van der Waals surface area (Å²) in [6.45, 7) is 1.92. The molecule has 0 heterocycles. The van der Waals surface area contributed by atoms with E-state index in [1.165, 1.54) is 5.56 Å². The Hall–Kier alpha value is -3.02. The van der Waals surface area contributed by atoms with Crippen molar-refractivity contribution in [1.82, 2.24) is 5.32 Å². The minimum atomic E-state index is -0.590. The second-order valence-electron chi connectivity index (χ2n) is 6.56. The molecule has 0 fully saturated rings. The number of benzene rings is 2. The van der Waals surface area contributed by atoms with Crippen LogP contribution in [0.1, 0.15) is 36.9 Å². The Balaban J connectivity index is 1.40. The van der Waals surface area contributed by atoms with Crippen LogP contribution in [0.2, 0.25) is 0 Å². The van der Waals surface area contributed by atoms with Crippen LogP contribution in [0, 0.1) is 0 Å². The van der Waals surface area contributed by atoms with Crippen molar-refractivity contribution >= 4 is 11.9 Å². The highest BCUT2D eigenvalue weighted by molar-refractivity contribution is 5.81. The van der Waals surface area contributed by atoms with E-state index in [1.807, 2.05) is 25.1 Å². The van der Waals surface area contributed by atoms with Gasteiger partial charge in [-0.1, -0.05) is 24.3 Å². The van der Waals surface area contributed by atoms with Crippen LogP contribution >= 0.6 is 0 Å². The molecule has 1 N–H and O–H groups in total. The van der Waals surface area contributed by atoms with Gasteiger partial charge in [-0.3, -0.25) is 4.79 Å². The van der Waals surface area contributed by atoms with Gasteiger partial charge in [0.2, 0.25) is 0 Å². The number of esters is 1. The third-order valence-corrected chi connectivity index (χ3v) is 4.56. The van der Waals surface area contributed by atoms with Crippen LogP contribution in [0.3, 0.4) is 0 Å². The van der Waals surface area contributed by atoms with Gasteiger partial charge in [-0.25, -0.2) is 4.79 Å². The van der Waals surface area contributed by atoms with Crippen molar-refractivity contribution in [2.75, 3.05) is 19.8 Å². The van der Waals surface area contributed by atoms with E-state index in [9.17, 15) is 9.59 Å². The normalized spacial score (nSPS) is 15.2. The summed E-state index contributed by atoms with van der Waals surface area (Å²) in [5, 5.41) is 2.95. The molecule has 0 radical (unpaired) electrons. The highest BCUT2D eigenvalue weighted by Crippen LogP contribution is 2.29. The molecule has 0 aromatic heterocycles. The minimum absolute atomic E-state index is 0.0312. The smallest absolute Gasteiger partial charge is 0.344 e. The highest BCUT2D eigenvalue weighted by atomic mass is 16.6. The first-order chi connectivity index (χ1) is 13.7. The second kappa shape index (κ2) is 9.78. The number of carbonyl (C=O) groups excluding carboxylic acids is 2. The average molecular weight is 383 g/mol. The molecule has 0 unspecified atom stereocenters. The molecule has 1 aliphatic rings. The summed E-state index contributed by atoms with van der Waals surface area (Å²) < 4.78 is 15.7. The molecule has 1 aliphatic carbocycles. The van der Waals surface area contributed by atoms with Gasteiger partial charge >= 0.3 is 5.97 Å². The zero-order valence-corrected chi connectivity index (χ0v) is 16.0. The van der Waals surface area contributed by atoms with Gasteiger partial charge in [0.25, 0.3) is 5.91 Å². The molecule has 148 valence electrons. The lowest BCUT2D eigenvalue weighted by Crippen LogP contribution is -2.34. The van der Waals surface area contributed by atoms with Crippen LogP contribution < -0.4 is 14.8 Å². The van der Waals surface area contributed by atoms with Crippen LogP contribution in [-0.2, 0) is 20.7 Å². The number of fused-ring (bicyclic) bond motifs is 1. The maximum atomic E-state index is 12.2. The highest BCUT2D eigenvalue weighted by Gasteiger charge is 2.21. The molecule has 6 nitrogen and oxygen atoms in total. The topological polar surface area (TPSA) is 73.9 Å². The Bertz CT molecular complexity index is 803. The monoisotopic (exact) mass is 383 g/mol. The Kier molecular flexibility index (Phi) is 6.89. The maximum absolute atomic E-state index is 12.2. The fourth-order valence-corrected chi connectivity index (χ4v) is 3.27. The Morgan fingerprint density at radius 2 is 1.71 bits per heavy atom. The van der Waals surface area contributed by atoms with Gasteiger partial charge in [-0.2, -0.15) is 0 Å². The predicted molar refractivity (Wildman–Crippen MR) is 104 cm³/mol. The first kappa shape index (κ1) is 19.7. The molecular weight excluding hydrogens is 358 g/mol. The van der Waals surface area contributed by atoms with Crippen molar-refractivity contribution in [2.24, 2.45) is 0 Å². The largest absolute Gasteiger partial charge is 0.494 e. The minimum Gasteiger partial charge on any atom is -0.494 e. The molecular formula is C22H25NO5. The summed E-state index contributed by atoms with van der Waals surface area (Å²) in [4.78, 5) is 24.0. The summed E-state index contributed by atoms with van der Waals surface area (Å²) in [6, 6.07) is 15.0. The average Bonchev–Trinajstić information content (AvgIpc) is 2.72. The molecule has 0 aliphatic heterocycles. The molecule has 2 aromatic rings. The number of ether oxygens (including phenoxy) is 3. The van der Waals surface area contributed by atoms with E-state index in [2.05, 4.69) is 11.4 Å². The van der Waals surface area contributed by atoms with Gasteiger partial charge in [-0.05, 0) is 61.6 Å². The molecule has 6 heteroatoms. The van der Waals surface area contributed by atoms with Crippen molar-refractivity contribution < 1.29 is 23.8 Å². The van der Waals surface area contributed by atoms with Crippen molar-refractivity contribution in [3.63, 3.8) is 0 Å². The Labute approximate surface area is 164 Å². The van der Waals surface area contributed by atoms with Gasteiger partial charge in [-0.15, -0.1) is 0 Å². The van der Waals surface area contributed by atoms with Gasteiger partial charge < -0.3 is 19.5 Å². The zero-order chi connectivity index (χ0) is 19.8. The standard InChI is InChI=1S/C22H25NO5/c1-2-26-17-10-12-18(13-11-17)27-15-22(25)28-14-21(24)23-20-9-5-7-16-6-3-4-8-19(16)20/h3-4,6,8,10-13,20H,2,5,7,9,14-15H2,1H3,(H,23,24)/t20-/m1/s1. The van der Waals surface area contributed by atoms with E-state index < -0.39 is 5.97 Å². The van der Waals surface area contributed by atoms with Crippen LogP contribution in [0.5, 0.6) is 11.5 Å². The van der Waals surface area contributed by atoms with Crippen LogP contribution in [-0.4, -0.2) is 31.7 Å². The van der Waals surface area contributed by atoms with E-state index >= 15 is 0 Å². The van der Waals surface area contributed by atoms with Crippen LogP contribution in [0.25, 0.3) is 0 Å². The fraction of sp³-hybridized carbons (Fsp3) is 0.364. The lowest BCUT2D eigenvalue weighted by atomic mass is 9.88. The number of amides is 1. The van der Waals surface area contributed by atoms with E-state index in [1.54, 1.807) is 24.3 Å². The molecule has 2 aromatic carbocycles. The number of nitrogens with one attached hydrogen (secondary N) is 1. The molecule has 1 amide bonds. The third-order valence-electron chi connectivity index (χ3n) is 4.56. The van der Waals surface area contributed by atoms with E-state index in [0.29, 0.717) is 12.4 Å². The quantitative estimate of drug-likeness (QED) is 0.709. The number of hydrogen-bond donors (Lipinski definition) is 1. The number of aryl methyl sites for hydroxylation is 1. The first-order valence-corrected chi connectivity index (χ1v) is 9.54. The summed E-state index contributed by atoms with van der Waals surface area (Å²) >= 11 is 0. The first-order valence-electron chi connectivity index (χ1n) is 9.54. The summed E-state index contributed by atoms with van der Waals surface area (Å²) in [6.07, 6.45) is 2.94. The van der Waals surface area contributed by atoms with Gasteiger partial charge in [0.1, 0.15) is 11.5 Å². The molecule has 0 saturated heterocycles. The van der Waals surface area contributed by atoms with E-state index in [4.69, 9.17) is 14.2 Å². The third kappa shape index (κ3) is 5.49. The molecule has 1 atom stereocenters. The molecule has 0 bridgehead atoms. The Morgan fingerprint density at radius 3 is 2.46 bits per heavy atom. The van der Waals surface area contributed by atoms with E-state index in [0.717, 1.165) is 30.6 Å². The Morgan fingerprint density at radius 1 is 1.00 bits per heavy atom. The maximum Gasteiger partial charge on any atom is 0.344 e. The molecule has 3 rings (SSSR count). The van der Waals surface area contributed by atoms with E-state index in [-0.39, 0.29) is 25.2 Å². The van der Waals surface area contributed by atoms with Crippen molar-refractivity contribution in [3.8, 4) is 11.5 Å². The predicted octanol–water partition coefficient (Wildman–Crippen LogP) is 3.20. The van der Waals surface area contributed by atoms with Crippen molar-refractivity contribution in [3.05, 3.63) is 59.7 Å². The van der Waals surface area contributed by atoms with Gasteiger partial charge in [0.15, 0.2) is 13.2 Å². The zero-order valence-electron chi connectivity index (χ0n) is 16.0. The summed E-state index contributed by atoms with van der Waals surface area (Å²) in [7, 11) is 0. The fourth-order valence-electron chi connectivity index (χ4n) is 3.27. The van der Waals surface area contributed by atoms with Crippen molar-refractivity contribution in [1.29, 1.82) is 0 Å². The molecule has 28 heavy (non-hydrogen) atoms. The number of carbonyl (C=O) groups is 2. The summed E-state index contributed by atoms with van der Waals surface area (Å²) in [5.74, 6) is 0.367.